The van der Waals surface area contributed by atoms with Crippen LogP contribution in [0.5, 0.6) is 0 Å². The smallest absolute Gasteiger partial charge is 0.139 e. The van der Waals surface area contributed by atoms with Crippen LogP contribution in [0.4, 0.5) is 8.78 Å². The molecule has 0 aliphatic carbocycles. The fraction of sp³-hybridized carbons (Fsp3) is 0.389. The van der Waals surface area contributed by atoms with Crippen molar-refractivity contribution in [1.82, 2.24) is 0 Å². The zero-order valence-corrected chi connectivity index (χ0v) is 23.0. The highest BCUT2D eigenvalue weighted by atomic mass is 19.1. The minimum absolute atomic E-state index is 0.176. The van der Waals surface area contributed by atoms with E-state index in [-0.39, 0.29) is 11.6 Å². The van der Waals surface area contributed by atoms with Gasteiger partial charge in [-0.05, 0) is 85.3 Å². The molecule has 3 aromatic rings. The van der Waals surface area contributed by atoms with Crippen LogP contribution in [0.25, 0.3) is 0 Å². The van der Waals surface area contributed by atoms with Gasteiger partial charge < -0.3 is 0 Å². The average Bonchev–Trinajstić information content (AvgIpc) is 2.93. The third-order valence-corrected chi connectivity index (χ3v) is 6.78. The number of benzene rings is 3. The molecule has 3 aromatic carbocycles. The molecule has 198 valence electrons. The summed E-state index contributed by atoms with van der Waals surface area (Å²) in [6, 6.07) is 18.2. The molecule has 0 spiro atoms. The molecule has 3 rings (SSSR count). The first-order chi connectivity index (χ1) is 18.6. The Balaban J connectivity index is 1.54. The minimum atomic E-state index is -0.263. The molecule has 0 aliphatic rings. The summed E-state index contributed by atoms with van der Waals surface area (Å²) in [5.74, 6) is 11.7. The monoisotopic (exact) mass is 510 g/mol. The Morgan fingerprint density at radius 3 is 1.66 bits per heavy atom. The minimum Gasteiger partial charge on any atom is -0.207 e. The zero-order valence-electron chi connectivity index (χ0n) is 23.0. The molecule has 0 aromatic heterocycles. The van der Waals surface area contributed by atoms with E-state index in [1.54, 1.807) is 12.1 Å². The van der Waals surface area contributed by atoms with Crippen molar-refractivity contribution in [2.75, 3.05) is 0 Å². The van der Waals surface area contributed by atoms with Crippen molar-refractivity contribution in [2.45, 2.75) is 90.9 Å². The van der Waals surface area contributed by atoms with Gasteiger partial charge in [0.1, 0.15) is 11.6 Å². The van der Waals surface area contributed by atoms with E-state index in [9.17, 15) is 8.78 Å². The number of aryl methyl sites for hydroxylation is 2. The predicted molar refractivity (Wildman–Crippen MR) is 156 cm³/mol. The van der Waals surface area contributed by atoms with Gasteiger partial charge in [0.25, 0.3) is 0 Å². The maximum atomic E-state index is 14.5. The van der Waals surface area contributed by atoms with Gasteiger partial charge in [0.2, 0.25) is 0 Å². The maximum Gasteiger partial charge on any atom is 0.139 e. The molecule has 0 N–H and O–H groups in total. The number of rotatable bonds is 12. The summed E-state index contributed by atoms with van der Waals surface area (Å²) in [6.07, 6.45) is 13.6. The van der Waals surface area contributed by atoms with Crippen molar-refractivity contribution in [3.8, 4) is 23.7 Å². The van der Waals surface area contributed by atoms with Gasteiger partial charge in [-0.1, -0.05) is 101 Å². The van der Waals surface area contributed by atoms with E-state index in [1.165, 1.54) is 51.0 Å². The van der Waals surface area contributed by atoms with E-state index in [4.69, 9.17) is 0 Å². The van der Waals surface area contributed by atoms with Crippen molar-refractivity contribution in [3.05, 3.63) is 106 Å². The molecule has 2 heteroatoms. The van der Waals surface area contributed by atoms with Crippen LogP contribution in [0.1, 0.15) is 111 Å². The zero-order chi connectivity index (χ0) is 27.0. The molecular formula is C36H40F2. The van der Waals surface area contributed by atoms with Crippen LogP contribution >= 0.6 is 0 Å². The summed E-state index contributed by atoms with van der Waals surface area (Å²) >= 11 is 0. The second-order valence-corrected chi connectivity index (χ2v) is 10.0. The topological polar surface area (TPSA) is 0 Å². The number of halogens is 2. The van der Waals surface area contributed by atoms with Gasteiger partial charge in [0, 0.05) is 16.7 Å². The fourth-order valence-corrected chi connectivity index (χ4v) is 4.42. The van der Waals surface area contributed by atoms with Gasteiger partial charge >= 0.3 is 0 Å². The van der Waals surface area contributed by atoms with E-state index >= 15 is 0 Å². The molecule has 0 unspecified atom stereocenters. The Morgan fingerprint density at radius 2 is 1.05 bits per heavy atom. The van der Waals surface area contributed by atoms with Crippen molar-refractivity contribution in [2.24, 2.45) is 0 Å². The van der Waals surface area contributed by atoms with Gasteiger partial charge in [-0.3, -0.25) is 0 Å². The van der Waals surface area contributed by atoms with Crippen LogP contribution in [-0.4, -0.2) is 0 Å². The molecular weight excluding hydrogens is 470 g/mol. The van der Waals surface area contributed by atoms with Crippen molar-refractivity contribution >= 4 is 0 Å². The molecule has 0 nitrogen and oxygen atoms in total. The molecule has 0 radical (unpaired) electrons. The first-order valence-corrected chi connectivity index (χ1v) is 14.3. The van der Waals surface area contributed by atoms with E-state index in [0.717, 1.165) is 54.4 Å². The molecule has 0 bridgehead atoms. The van der Waals surface area contributed by atoms with Crippen LogP contribution in [-0.2, 0) is 12.8 Å². The van der Waals surface area contributed by atoms with Crippen LogP contribution < -0.4 is 0 Å². The molecule has 0 heterocycles. The predicted octanol–water partition coefficient (Wildman–Crippen LogP) is 9.79. The normalized spacial score (nSPS) is 10.4. The second kappa shape index (κ2) is 16.5. The summed E-state index contributed by atoms with van der Waals surface area (Å²) in [5, 5.41) is 0. The van der Waals surface area contributed by atoms with Crippen LogP contribution in [0, 0.1) is 35.3 Å². The molecule has 0 fully saturated rings. The second-order valence-electron chi connectivity index (χ2n) is 10.0. The highest BCUT2D eigenvalue weighted by Crippen LogP contribution is 2.16. The number of unbranched alkanes of at least 4 members (excludes halogenated alkanes) is 8. The van der Waals surface area contributed by atoms with Gasteiger partial charge in [-0.2, -0.15) is 0 Å². The van der Waals surface area contributed by atoms with E-state index in [0.29, 0.717) is 11.1 Å². The Hall–Kier alpha value is -3.36. The fourth-order valence-electron chi connectivity index (χ4n) is 4.42. The van der Waals surface area contributed by atoms with Crippen molar-refractivity contribution < 1.29 is 8.78 Å². The molecule has 0 amide bonds. The van der Waals surface area contributed by atoms with E-state index in [2.05, 4.69) is 37.5 Å². The van der Waals surface area contributed by atoms with E-state index < -0.39 is 0 Å². The lowest BCUT2D eigenvalue weighted by atomic mass is 10.0. The Labute approximate surface area is 228 Å². The Bertz CT molecular complexity index is 1260. The van der Waals surface area contributed by atoms with Crippen molar-refractivity contribution in [3.63, 3.8) is 0 Å². The van der Waals surface area contributed by atoms with Crippen LogP contribution in [0.2, 0.25) is 0 Å². The SMILES string of the molecule is CCCCCCCc1ccc(C#Cc2ccc(C#Cc3ccc(CCCCCCC)c(F)c3)cc2)c(F)c1. The number of hydrogen-bond acceptors (Lipinski definition) is 0. The Kier molecular flexibility index (Phi) is 12.7. The van der Waals surface area contributed by atoms with Gasteiger partial charge in [-0.15, -0.1) is 0 Å². The summed E-state index contributed by atoms with van der Waals surface area (Å²) in [7, 11) is 0. The highest BCUT2D eigenvalue weighted by Gasteiger charge is 2.04. The maximum absolute atomic E-state index is 14.5. The lowest BCUT2D eigenvalue weighted by molar-refractivity contribution is 0.587. The summed E-state index contributed by atoms with van der Waals surface area (Å²) in [6.45, 7) is 4.40. The highest BCUT2D eigenvalue weighted by molar-refractivity contribution is 5.48. The molecule has 0 atom stereocenters. The first kappa shape index (κ1) is 29.2. The molecule has 0 saturated heterocycles. The first-order valence-electron chi connectivity index (χ1n) is 14.3. The molecule has 0 saturated carbocycles. The van der Waals surface area contributed by atoms with Gasteiger partial charge in [0.05, 0.1) is 5.56 Å². The number of hydrogen-bond donors (Lipinski definition) is 0. The summed E-state index contributed by atoms with van der Waals surface area (Å²) in [5.41, 5.74) is 4.50. The van der Waals surface area contributed by atoms with Crippen LogP contribution in [0.15, 0.2) is 60.7 Å². The van der Waals surface area contributed by atoms with Gasteiger partial charge in [-0.25, -0.2) is 8.78 Å². The summed E-state index contributed by atoms with van der Waals surface area (Å²) in [4.78, 5) is 0. The van der Waals surface area contributed by atoms with E-state index in [1.807, 2.05) is 42.5 Å². The third-order valence-electron chi connectivity index (χ3n) is 6.78. The Morgan fingerprint density at radius 1 is 0.500 bits per heavy atom. The van der Waals surface area contributed by atoms with Crippen LogP contribution in [0.3, 0.4) is 0 Å². The van der Waals surface area contributed by atoms with Gasteiger partial charge in [0.15, 0.2) is 0 Å². The lowest BCUT2D eigenvalue weighted by Gasteiger charge is -2.04. The van der Waals surface area contributed by atoms with Crippen molar-refractivity contribution in [1.29, 1.82) is 0 Å². The standard InChI is InChI=1S/C36H40F2/c1-3-5-7-9-11-13-31-22-26-34(36(38)27-31)24-21-30-17-15-29(16-18-30)19-20-32-23-25-33(35(37)28-32)14-12-10-8-6-4-2/h15-18,22-23,25-28H,3-14H2,1-2H3. The summed E-state index contributed by atoms with van der Waals surface area (Å²) < 4.78 is 29.0. The largest absolute Gasteiger partial charge is 0.207 e. The molecule has 0 aliphatic heterocycles. The lowest BCUT2D eigenvalue weighted by Crippen LogP contribution is -1.92. The average molecular weight is 511 g/mol. The quantitative estimate of drug-likeness (QED) is 0.168. The molecule has 38 heavy (non-hydrogen) atoms. The third kappa shape index (κ3) is 10.2.